The fraction of sp³-hybridized carbons (Fsp3) is 0.565. The zero-order valence-corrected chi connectivity index (χ0v) is 18.6. The van der Waals surface area contributed by atoms with Crippen LogP contribution in [-0.4, -0.2) is 40.0 Å². The van der Waals surface area contributed by atoms with E-state index in [0.29, 0.717) is 17.9 Å². The number of amides is 2. The van der Waals surface area contributed by atoms with Crippen LogP contribution in [0.4, 0.5) is 0 Å². The van der Waals surface area contributed by atoms with Crippen LogP contribution in [0.1, 0.15) is 65.0 Å². The molecule has 1 aromatic carbocycles. The summed E-state index contributed by atoms with van der Waals surface area (Å²) in [7, 11) is 0. The number of nitrogens with zero attached hydrogens (tertiary/aromatic N) is 1. The molecular weight excluding hydrogens is 388 g/mol. The molecule has 6 heteroatoms. The summed E-state index contributed by atoms with van der Waals surface area (Å²) in [5, 5.41) is 13.1. The van der Waals surface area contributed by atoms with Crippen LogP contribution in [0.15, 0.2) is 36.9 Å². The van der Waals surface area contributed by atoms with E-state index in [2.05, 4.69) is 11.9 Å². The molecule has 1 aromatic rings. The van der Waals surface area contributed by atoms with Crippen LogP contribution in [0, 0.1) is 5.41 Å². The first-order valence-corrected chi connectivity index (χ1v) is 10.6. The molecule has 160 valence electrons. The van der Waals surface area contributed by atoms with Crippen molar-refractivity contribution >= 4 is 23.4 Å². The molecule has 0 aliphatic carbocycles. The van der Waals surface area contributed by atoms with Gasteiger partial charge in [0.25, 0.3) is 0 Å². The predicted molar refractivity (Wildman–Crippen MR) is 117 cm³/mol. The predicted octanol–water partition coefficient (Wildman–Crippen LogP) is 4.25. The van der Waals surface area contributed by atoms with Crippen LogP contribution in [-0.2, 0) is 9.59 Å². The number of allylic oxidation sites excluding steroid dienone is 1. The number of benzene rings is 1. The Labute approximate surface area is 179 Å². The van der Waals surface area contributed by atoms with Crippen molar-refractivity contribution < 1.29 is 14.7 Å². The molecule has 1 saturated heterocycles. The van der Waals surface area contributed by atoms with Crippen molar-refractivity contribution in [3.05, 3.63) is 47.5 Å². The van der Waals surface area contributed by atoms with Gasteiger partial charge in [-0.15, -0.1) is 6.58 Å². The number of nitrogens with one attached hydrogen (secondary N) is 1. The number of carbonyl (C=O) groups excluding carboxylic acids is 2. The summed E-state index contributed by atoms with van der Waals surface area (Å²) in [5.41, 5.74) is -0.370. The van der Waals surface area contributed by atoms with Gasteiger partial charge in [-0.3, -0.25) is 9.59 Å². The minimum absolute atomic E-state index is 0.0348. The zero-order valence-electron chi connectivity index (χ0n) is 17.9. The largest absolute Gasteiger partial charge is 0.394 e. The van der Waals surface area contributed by atoms with Crippen LogP contribution >= 0.6 is 11.6 Å². The lowest BCUT2D eigenvalue weighted by Gasteiger charge is -2.47. The molecule has 5 nitrogen and oxygen atoms in total. The molecule has 3 atom stereocenters. The van der Waals surface area contributed by atoms with Crippen molar-refractivity contribution in [3.63, 3.8) is 0 Å². The van der Waals surface area contributed by atoms with Crippen LogP contribution in [0.3, 0.4) is 0 Å². The van der Waals surface area contributed by atoms with Crippen LogP contribution in [0.5, 0.6) is 0 Å². The first kappa shape index (κ1) is 23.4. The van der Waals surface area contributed by atoms with Crippen molar-refractivity contribution in [2.24, 2.45) is 5.41 Å². The van der Waals surface area contributed by atoms with Gasteiger partial charge in [-0.25, -0.2) is 0 Å². The molecule has 1 aliphatic rings. The number of aliphatic hydroxyl groups excluding tert-OH is 1. The Kier molecular flexibility index (Phi) is 7.52. The second-order valence-corrected chi connectivity index (χ2v) is 9.26. The highest BCUT2D eigenvalue weighted by Gasteiger charge is 2.47. The second kappa shape index (κ2) is 9.31. The van der Waals surface area contributed by atoms with E-state index >= 15 is 0 Å². The van der Waals surface area contributed by atoms with E-state index in [1.165, 1.54) is 0 Å². The summed E-state index contributed by atoms with van der Waals surface area (Å²) in [4.78, 5) is 28.5. The third-order valence-electron chi connectivity index (χ3n) is 5.79. The highest BCUT2D eigenvalue weighted by molar-refractivity contribution is 6.30. The van der Waals surface area contributed by atoms with Gasteiger partial charge >= 0.3 is 0 Å². The van der Waals surface area contributed by atoms with Crippen molar-refractivity contribution in [3.8, 4) is 0 Å². The third kappa shape index (κ3) is 5.20. The fourth-order valence-electron chi connectivity index (χ4n) is 4.00. The van der Waals surface area contributed by atoms with E-state index in [0.717, 1.165) is 18.4 Å². The number of hydrogen-bond donors (Lipinski definition) is 2. The van der Waals surface area contributed by atoms with E-state index in [4.69, 9.17) is 11.6 Å². The Balaban J connectivity index is 2.46. The van der Waals surface area contributed by atoms with E-state index in [-0.39, 0.29) is 24.5 Å². The fourth-order valence-corrected chi connectivity index (χ4v) is 4.12. The smallest absolute Gasteiger partial charge is 0.243 e. The quantitative estimate of drug-likeness (QED) is 0.617. The monoisotopic (exact) mass is 420 g/mol. The standard InChI is InChI=1S/C23H33ClN2O3/c1-6-13-23(5)14-12-19(16-8-10-17(24)11-9-16)26(21(23)29)18(7-2)20(28)25-22(3,4)15-27/h6,8-11,18-19,27H,1,7,12-15H2,2-5H3,(H,25,28)/t18?,19?,23-/m0/s1. The molecule has 0 saturated carbocycles. The molecule has 2 N–H and O–H groups in total. The molecule has 0 spiro atoms. The molecular formula is C23H33ClN2O3. The Bertz CT molecular complexity index is 747. The lowest BCUT2D eigenvalue weighted by molar-refractivity contribution is -0.157. The second-order valence-electron chi connectivity index (χ2n) is 8.83. The van der Waals surface area contributed by atoms with Crippen molar-refractivity contribution in [1.29, 1.82) is 0 Å². The third-order valence-corrected chi connectivity index (χ3v) is 6.04. The number of piperidine rings is 1. The summed E-state index contributed by atoms with van der Waals surface area (Å²) in [6.45, 7) is 11.0. The van der Waals surface area contributed by atoms with Gasteiger partial charge in [0, 0.05) is 5.02 Å². The van der Waals surface area contributed by atoms with Gasteiger partial charge in [0.2, 0.25) is 11.8 Å². The van der Waals surface area contributed by atoms with Crippen LogP contribution in [0.25, 0.3) is 0 Å². The molecule has 0 bridgehead atoms. The highest BCUT2D eigenvalue weighted by atomic mass is 35.5. The number of likely N-dealkylation sites (tertiary alicyclic amines) is 1. The summed E-state index contributed by atoms with van der Waals surface area (Å²) >= 11 is 6.05. The lowest BCUT2D eigenvalue weighted by Crippen LogP contribution is -2.60. The van der Waals surface area contributed by atoms with Gasteiger partial charge in [-0.2, -0.15) is 0 Å². The summed E-state index contributed by atoms with van der Waals surface area (Å²) < 4.78 is 0. The lowest BCUT2D eigenvalue weighted by atomic mass is 9.74. The molecule has 29 heavy (non-hydrogen) atoms. The molecule has 1 fully saturated rings. The molecule has 2 rings (SSSR count). The number of aliphatic hydroxyl groups is 1. The average molecular weight is 421 g/mol. The van der Waals surface area contributed by atoms with E-state index in [9.17, 15) is 14.7 Å². The maximum atomic E-state index is 13.7. The van der Waals surface area contributed by atoms with E-state index in [1.54, 1.807) is 24.8 Å². The maximum Gasteiger partial charge on any atom is 0.243 e. The van der Waals surface area contributed by atoms with Crippen LogP contribution < -0.4 is 5.32 Å². The minimum atomic E-state index is -0.760. The average Bonchev–Trinajstić information content (AvgIpc) is 2.67. The number of carbonyl (C=O) groups is 2. The SMILES string of the molecule is C=CC[C@@]1(C)CCC(c2ccc(Cl)cc2)N(C(CC)C(=O)NC(C)(C)CO)C1=O. The Hall–Kier alpha value is -1.85. The van der Waals surface area contributed by atoms with Gasteiger partial charge in [-0.1, -0.05) is 43.7 Å². The molecule has 0 aromatic heterocycles. The normalized spacial score (nSPS) is 23.6. The Morgan fingerprint density at radius 1 is 1.45 bits per heavy atom. The maximum absolute atomic E-state index is 13.7. The number of halogens is 1. The topological polar surface area (TPSA) is 69.6 Å². The molecule has 1 heterocycles. The van der Waals surface area contributed by atoms with Crippen molar-refractivity contribution in [2.45, 2.75) is 71.0 Å². The van der Waals surface area contributed by atoms with Crippen LogP contribution in [0.2, 0.25) is 5.02 Å². The molecule has 0 radical (unpaired) electrons. The number of hydrogen-bond acceptors (Lipinski definition) is 3. The van der Waals surface area contributed by atoms with Gasteiger partial charge in [0.15, 0.2) is 0 Å². The minimum Gasteiger partial charge on any atom is -0.394 e. The number of rotatable bonds is 8. The summed E-state index contributed by atoms with van der Waals surface area (Å²) in [6, 6.07) is 6.64. The van der Waals surface area contributed by atoms with Gasteiger partial charge in [0.1, 0.15) is 6.04 Å². The molecule has 2 amide bonds. The van der Waals surface area contributed by atoms with Gasteiger partial charge < -0.3 is 15.3 Å². The Morgan fingerprint density at radius 2 is 2.07 bits per heavy atom. The zero-order chi connectivity index (χ0) is 21.8. The highest BCUT2D eigenvalue weighted by Crippen LogP contribution is 2.44. The van der Waals surface area contributed by atoms with Crippen molar-refractivity contribution in [2.75, 3.05) is 6.61 Å². The summed E-state index contributed by atoms with van der Waals surface area (Å²) in [6.07, 6.45) is 4.30. The molecule has 2 unspecified atom stereocenters. The van der Waals surface area contributed by atoms with E-state index < -0.39 is 17.0 Å². The van der Waals surface area contributed by atoms with Gasteiger partial charge in [-0.05, 0) is 57.2 Å². The van der Waals surface area contributed by atoms with E-state index in [1.807, 2.05) is 38.1 Å². The van der Waals surface area contributed by atoms with Gasteiger partial charge in [0.05, 0.1) is 23.6 Å². The first-order chi connectivity index (χ1) is 13.6. The first-order valence-electron chi connectivity index (χ1n) is 10.2. The van der Waals surface area contributed by atoms with Crippen molar-refractivity contribution in [1.82, 2.24) is 10.2 Å². The summed E-state index contributed by atoms with van der Waals surface area (Å²) in [5.74, 6) is -0.283. The molecule has 1 aliphatic heterocycles. The Morgan fingerprint density at radius 3 is 2.59 bits per heavy atom.